The highest BCUT2D eigenvalue weighted by Crippen LogP contribution is 2.31. The summed E-state index contributed by atoms with van der Waals surface area (Å²) in [5.74, 6) is 1.16. The smallest absolute Gasteiger partial charge is 0.387 e. The van der Waals surface area contributed by atoms with Gasteiger partial charge in [0.1, 0.15) is 11.6 Å². The second-order valence-electron chi connectivity index (χ2n) is 8.79. The van der Waals surface area contributed by atoms with E-state index in [1.807, 2.05) is 36.4 Å². The zero-order valence-electron chi connectivity index (χ0n) is 20.9. The highest BCUT2D eigenvalue weighted by molar-refractivity contribution is 5.68. The summed E-state index contributed by atoms with van der Waals surface area (Å²) in [4.78, 5) is 7.54. The number of alkyl halides is 2. The van der Waals surface area contributed by atoms with Crippen LogP contribution in [0.5, 0.6) is 5.75 Å². The van der Waals surface area contributed by atoms with Crippen LogP contribution in [0.4, 0.5) is 8.78 Å². The molecule has 1 aromatic heterocycles. The van der Waals surface area contributed by atoms with Gasteiger partial charge < -0.3 is 9.30 Å². The number of benzene rings is 3. The Balaban J connectivity index is 1.70. The van der Waals surface area contributed by atoms with E-state index in [1.54, 1.807) is 12.1 Å². The standard InChI is InChI=1S/C30H33F2N3O/c1-3-5-20-35-27(22-34(4-2)21-23-16-18-26(19-17-23)36-30(31)32)28(24-12-8-6-9-13-24)33-29(35)25-14-10-7-11-15-25/h6-19,30H,3-5,20-22H2,1-2H3. The van der Waals surface area contributed by atoms with Crippen LogP contribution in [0.25, 0.3) is 22.6 Å². The fraction of sp³-hybridized carbons (Fsp3) is 0.300. The first kappa shape index (κ1) is 25.6. The maximum absolute atomic E-state index is 12.5. The van der Waals surface area contributed by atoms with Gasteiger partial charge in [0.05, 0.1) is 11.4 Å². The molecule has 0 amide bonds. The third kappa shape index (κ3) is 6.38. The Bertz CT molecular complexity index is 1210. The van der Waals surface area contributed by atoms with Crippen molar-refractivity contribution >= 4 is 0 Å². The Kier molecular flexibility index (Phi) is 8.85. The monoisotopic (exact) mass is 489 g/mol. The highest BCUT2D eigenvalue weighted by Gasteiger charge is 2.21. The Morgan fingerprint density at radius 2 is 1.47 bits per heavy atom. The number of ether oxygens (including phenoxy) is 1. The van der Waals surface area contributed by atoms with Gasteiger partial charge in [-0.2, -0.15) is 8.78 Å². The van der Waals surface area contributed by atoms with Gasteiger partial charge in [-0.05, 0) is 30.7 Å². The molecule has 0 fully saturated rings. The highest BCUT2D eigenvalue weighted by atomic mass is 19.3. The average Bonchev–Trinajstić information content (AvgIpc) is 3.26. The second kappa shape index (κ2) is 12.5. The molecule has 4 nitrogen and oxygen atoms in total. The molecule has 0 saturated carbocycles. The van der Waals surface area contributed by atoms with Crippen LogP contribution in [0.15, 0.2) is 84.9 Å². The molecule has 4 rings (SSSR count). The maximum Gasteiger partial charge on any atom is 0.387 e. The largest absolute Gasteiger partial charge is 0.435 e. The molecule has 0 aliphatic heterocycles. The summed E-state index contributed by atoms with van der Waals surface area (Å²) in [6.07, 6.45) is 2.16. The zero-order valence-corrected chi connectivity index (χ0v) is 20.9. The minimum Gasteiger partial charge on any atom is -0.435 e. The number of hydrogen-bond donors (Lipinski definition) is 0. The number of rotatable bonds is 12. The molecule has 0 bridgehead atoms. The molecule has 0 atom stereocenters. The zero-order chi connectivity index (χ0) is 25.3. The summed E-state index contributed by atoms with van der Waals surface area (Å²) in [6.45, 7) is 4.68. The summed E-state index contributed by atoms with van der Waals surface area (Å²) >= 11 is 0. The van der Waals surface area contributed by atoms with Crippen LogP contribution in [0, 0.1) is 0 Å². The molecule has 0 aliphatic carbocycles. The Morgan fingerprint density at radius 1 is 0.833 bits per heavy atom. The quantitative estimate of drug-likeness (QED) is 0.205. The summed E-state index contributed by atoms with van der Waals surface area (Å²) in [7, 11) is 0. The molecule has 0 saturated heterocycles. The van der Waals surface area contributed by atoms with Crippen molar-refractivity contribution in [1.82, 2.24) is 14.5 Å². The van der Waals surface area contributed by atoms with Gasteiger partial charge in [0, 0.05) is 30.8 Å². The molecule has 4 aromatic rings. The molecular weight excluding hydrogens is 456 g/mol. The van der Waals surface area contributed by atoms with Crippen molar-refractivity contribution in [3.63, 3.8) is 0 Å². The Morgan fingerprint density at radius 3 is 2.06 bits per heavy atom. The minimum absolute atomic E-state index is 0.174. The molecule has 0 radical (unpaired) electrons. The van der Waals surface area contributed by atoms with Crippen molar-refractivity contribution < 1.29 is 13.5 Å². The van der Waals surface area contributed by atoms with Gasteiger partial charge in [0.2, 0.25) is 0 Å². The van der Waals surface area contributed by atoms with Crippen molar-refractivity contribution in [2.75, 3.05) is 6.54 Å². The molecule has 0 N–H and O–H groups in total. The van der Waals surface area contributed by atoms with Gasteiger partial charge in [-0.1, -0.05) is 93.1 Å². The number of imidazole rings is 1. The SMILES string of the molecule is CCCCn1c(-c2ccccc2)nc(-c2ccccc2)c1CN(CC)Cc1ccc(OC(F)F)cc1. The molecule has 0 unspecified atom stereocenters. The van der Waals surface area contributed by atoms with Crippen molar-refractivity contribution in [2.45, 2.75) is 52.9 Å². The van der Waals surface area contributed by atoms with Gasteiger partial charge >= 0.3 is 6.61 Å². The van der Waals surface area contributed by atoms with E-state index in [2.05, 4.69) is 64.4 Å². The third-order valence-electron chi connectivity index (χ3n) is 6.26. The van der Waals surface area contributed by atoms with Gasteiger partial charge in [0.25, 0.3) is 0 Å². The molecule has 0 aliphatic rings. The normalized spacial score (nSPS) is 11.4. The van der Waals surface area contributed by atoms with Gasteiger partial charge in [-0.15, -0.1) is 0 Å². The van der Waals surface area contributed by atoms with E-state index in [-0.39, 0.29) is 5.75 Å². The lowest BCUT2D eigenvalue weighted by Crippen LogP contribution is -2.24. The van der Waals surface area contributed by atoms with Crippen molar-refractivity contribution in [3.05, 3.63) is 96.2 Å². The van der Waals surface area contributed by atoms with Gasteiger partial charge in [-0.25, -0.2) is 4.98 Å². The van der Waals surface area contributed by atoms with Crippen LogP contribution in [-0.4, -0.2) is 27.6 Å². The molecule has 188 valence electrons. The Hall–Kier alpha value is -3.51. The van der Waals surface area contributed by atoms with E-state index in [4.69, 9.17) is 4.98 Å². The number of aromatic nitrogens is 2. The van der Waals surface area contributed by atoms with E-state index >= 15 is 0 Å². The molecule has 6 heteroatoms. The first-order chi connectivity index (χ1) is 17.6. The fourth-order valence-corrected chi connectivity index (χ4v) is 4.36. The summed E-state index contributed by atoms with van der Waals surface area (Å²) in [5.41, 5.74) is 5.44. The average molecular weight is 490 g/mol. The summed E-state index contributed by atoms with van der Waals surface area (Å²) < 4.78 is 31.9. The molecule has 0 spiro atoms. The number of halogens is 2. The van der Waals surface area contributed by atoms with E-state index in [0.717, 1.165) is 60.7 Å². The van der Waals surface area contributed by atoms with Crippen molar-refractivity contribution in [2.24, 2.45) is 0 Å². The number of hydrogen-bond acceptors (Lipinski definition) is 3. The van der Waals surface area contributed by atoms with E-state index in [9.17, 15) is 8.78 Å². The molecular formula is C30H33F2N3O. The van der Waals surface area contributed by atoms with Crippen molar-refractivity contribution in [1.29, 1.82) is 0 Å². The lowest BCUT2D eigenvalue weighted by molar-refractivity contribution is -0.0498. The van der Waals surface area contributed by atoms with Crippen LogP contribution in [-0.2, 0) is 19.6 Å². The summed E-state index contributed by atoms with van der Waals surface area (Å²) in [5, 5.41) is 0. The summed E-state index contributed by atoms with van der Waals surface area (Å²) in [6, 6.07) is 27.6. The number of unbranched alkanes of at least 4 members (excludes halogenated alkanes) is 1. The lowest BCUT2D eigenvalue weighted by Gasteiger charge is -2.23. The fourth-order valence-electron chi connectivity index (χ4n) is 4.36. The van der Waals surface area contributed by atoms with E-state index in [1.165, 1.54) is 5.69 Å². The van der Waals surface area contributed by atoms with Crippen LogP contribution in [0.1, 0.15) is 37.9 Å². The van der Waals surface area contributed by atoms with Crippen molar-refractivity contribution in [3.8, 4) is 28.4 Å². The topological polar surface area (TPSA) is 30.3 Å². The predicted octanol–water partition coefficient (Wildman–Crippen LogP) is 7.64. The first-order valence-corrected chi connectivity index (χ1v) is 12.5. The predicted molar refractivity (Wildman–Crippen MR) is 141 cm³/mol. The number of nitrogens with zero attached hydrogens (tertiary/aromatic N) is 3. The van der Waals surface area contributed by atoms with E-state index in [0.29, 0.717) is 6.54 Å². The first-order valence-electron chi connectivity index (χ1n) is 12.5. The molecule has 36 heavy (non-hydrogen) atoms. The molecule has 3 aromatic carbocycles. The van der Waals surface area contributed by atoms with E-state index < -0.39 is 6.61 Å². The third-order valence-corrected chi connectivity index (χ3v) is 6.26. The minimum atomic E-state index is -2.82. The maximum atomic E-state index is 12.5. The second-order valence-corrected chi connectivity index (χ2v) is 8.79. The lowest BCUT2D eigenvalue weighted by atomic mass is 10.1. The van der Waals surface area contributed by atoms with Crippen LogP contribution in [0.3, 0.4) is 0 Å². The van der Waals surface area contributed by atoms with Gasteiger partial charge in [-0.3, -0.25) is 4.90 Å². The van der Waals surface area contributed by atoms with Crippen LogP contribution >= 0.6 is 0 Å². The van der Waals surface area contributed by atoms with Crippen LogP contribution in [0.2, 0.25) is 0 Å². The van der Waals surface area contributed by atoms with Crippen LogP contribution < -0.4 is 4.74 Å². The Labute approximate surface area is 212 Å². The van der Waals surface area contributed by atoms with Gasteiger partial charge in [0.15, 0.2) is 0 Å². The molecule has 1 heterocycles.